The molecule has 7 nitrogen and oxygen atoms in total. The predicted octanol–water partition coefficient (Wildman–Crippen LogP) is 6.44. The lowest BCUT2D eigenvalue weighted by molar-refractivity contribution is -0.125. The molecule has 2 aromatic carbocycles. The van der Waals surface area contributed by atoms with Gasteiger partial charge < -0.3 is 16.4 Å². The van der Waals surface area contributed by atoms with E-state index in [1.807, 2.05) is 39.0 Å². The minimum absolute atomic E-state index is 0.0702. The third-order valence-corrected chi connectivity index (χ3v) is 8.04. The summed E-state index contributed by atoms with van der Waals surface area (Å²) in [4.78, 5) is 41.0. The van der Waals surface area contributed by atoms with Crippen LogP contribution in [0.2, 0.25) is 10.0 Å². The van der Waals surface area contributed by atoms with Gasteiger partial charge in [-0.3, -0.25) is 19.4 Å². The monoisotopic (exact) mass is 568 g/mol. The maximum atomic E-state index is 12.6. The van der Waals surface area contributed by atoms with E-state index in [0.29, 0.717) is 11.8 Å². The van der Waals surface area contributed by atoms with Crippen molar-refractivity contribution in [2.75, 3.05) is 5.32 Å². The Morgan fingerprint density at radius 1 is 1.03 bits per heavy atom. The second-order valence-corrected chi connectivity index (χ2v) is 12.2. The summed E-state index contributed by atoms with van der Waals surface area (Å²) >= 11 is 12.6. The predicted molar refractivity (Wildman–Crippen MR) is 158 cm³/mol. The van der Waals surface area contributed by atoms with E-state index in [1.54, 1.807) is 18.3 Å². The summed E-state index contributed by atoms with van der Waals surface area (Å²) in [5, 5.41) is 8.08. The molecule has 1 aromatic heterocycles. The molecule has 0 aliphatic heterocycles. The number of fused-ring (bicyclic) bond motifs is 1. The number of pyridine rings is 1. The molecule has 1 unspecified atom stereocenters. The van der Waals surface area contributed by atoms with Crippen LogP contribution in [0, 0.1) is 5.41 Å². The first-order valence-corrected chi connectivity index (χ1v) is 13.9. The zero-order chi connectivity index (χ0) is 28.5. The van der Waals surface area contributed by atoms with Crippen LogP contribution in [0.1, 0.15) is 74.1 Å². The number of halogens is 2. The van der Waals surface area contributed by atoms with Gasteiger partial charge in [-0.05, 0) is 73.4 Å². The van der Waals surface area contributed by atoms with Crippen LogP contribution in [0.3, 0.4) is 0 Å². The molecular formula is C30H34Cl2N4O3. The second-order valence-electron chi connectivity index (χ2n) is 11.4. The van der Waals surface area contributed by atoms with Gasteiger partial charge in [0, 0.05) is 23.7 Å². The lowest BCUT2D eigenvalue weighted by Gasteiger charge is -2.33. The van der Waals surface area contributed by atoms with Crippen LogP contribution < -0.4 is 16.4 Å². The number of amides is 1. The Labute approximate surface area is 238 Å². The fraction of sp³-hybridized carbons (Fsp3) is 0.400. The first-order chi connectivity index (χ1) is 18.4. The Bertz CT molecular complexity index is 1400. The molecule has 9 heteroatoms. The molecule has 39 heavy (non-hydrogen) atoms. The second kappa shape index (κ2) is 11.6. The normalized spacial score (nSPS) is 18.4. The van der Waals surface area contributed by atoms with Crippen molar-refractivity contribution in [2.45, 2.75) is 71.5 Å². The first kappa shape index (κ1) is 29.0. The number of nitrogens with two attached hydrogens (primary N) is 1. The van der Waals surface area contributed by atoms with Gasteiger partial charge in [-0.15, -0.1) is 0 Å². The molecule has 0 radical (unpaired) electrons. The van der Waals surface area contributed by atoms with Gasteiger partial charge in [0.05, 0.1) is 38.4 Å². The zero-order valence-electron chi connectivity index (χ0n) is 22.6. The van der Waals surface area contributed by atoms with Crippen molar-refractivity contribution >= 4 is 57.8 Å². The van der Waals surface area contributed by atoms with Crippen LogP contribution in [0.4, 0.5) is 5.69 Å². The maximum Gasteiger partial charge on any atom is 0.237 e. The molecule has 206 valence electrons. The largest absolute Gasteiger partial charge is 0.381 e. The fourth-order valence-electron chi connectivity index (χ4n) is 4.93. The first-order valence-electron chi connectivity index (χ1n) is 13.1. The molecule has 0 bridgehead atoms. The van der Waals surface area contributed by atoms with Gasteiger partial charge in [-0.1, -0.05) is 50.0 Å². The summed E-state index contributed by atoms with van der Waals surface area (Å²) in [7, 11) is 0. The van der Waals surface area contributed by atoms with Crippen LogP contribution >= 0.6 is 23.2 Å². The van der Waals surface area contributed by atoms with Crippen molar-refractivity contribution in [1.82, 2.24) is 10.3 Å². The Balaban J connectivity index is 1.59. The number of nitrogens with zero attached hydrogens (tertiary/aromatic N) is 1. The van der Waals surface area contributed by atoms with Gasteiger partial charge in [-0.25, -0.2) is 0 Å². The Kier molecular flexibility index (Phi) is 8.64. The molecule has 1 saturated carbocycles. The number of nitrogens with one attached hydrogen (secondary N) is 2. The Hall–Kier alpha value is -3.00. The van der Waals surface area contributed by atoms with Crippen LogP contribution in [0.5, 0.6) is 0 Å². The van der Waals surface area contributed by atoms with Crippen LogP contribution in [-0.4, -0.2) is 41.1 Å². The average molecular weight is 570 g/mol. The minimum atomic E-state index is -0.566. The Morgan fingerprint density at radius 3 is 2.21 bits per heavy atom. The summed E-state index contributed by atoms with van der Waals surface area (Å²) < 4.78 is 0. The summed E-state index contributed by atoms with van der Waals surface area (Å²) in [6.07, 6.45) is 5.52. The molecular weight excluding hydrogens is 535 g/mol. The number of carbonyl (C=O) groups excluding carboxylic acids is 3. The molecule has 4 N–H and O–H groups in total. The van der Waals surface area contributed by atoms with Crippen molar-refractivity contribution in [3.8, 4) is 11.1 Å². The lowest BCUT2D eigenvalue weighted by atomic mass is 9.85. The molecule has 1 fully saturated rings. The summed E-state index contributed by atoms with van der Waals surface area (Å²) in [5.41, 5.74) is 9.64. The van der Waals surface area contributed by atoms with Crippen LogP contribution in [-0.2, 0) is 4.79 Å². The van der Waals surface area contributed by atoms with E-state index in [4.69, 9.17) is 28.9 Å². The smallest absolute Gasteiger partial charge is 0.237 e. The van der Waals surface area contributed by atoms with Gasteiger partial charge in [0.1, 0.15) is 0 Å². The van der Waals surface area contributed by atoms with Crippen molar-refractivity contribution in [3.63, 3.8) is 0 Å². The number of hydrogen-bond acceptors (Lipinski definition) is 6. The number of rotatable bonds is 7. The van der Waals surface area contributed by atoms with E-state index in [1.165, 1.54) is 6.92 Å². The number of hydrogen-bond donors (Lipinski definition) is 3. The van der Waals surface area contributed by atoms with Gasteiger partial charge >= 0.3 is 0 Å². The van der Waals surface area contributed by atoms with E-state index in [-0.39, 0.29) is 44.8 Å². The van der Waals surface area contributed by atoms with E-state index < -0.39 is 6.04 Å². The van der Waals surface area contributed by atoms with E-state index in [9.17, 15) is 14.4 Å². The number of aromatic nitrogens is 1. The number of carbonyl (C=O) groups is 3. The highest BCUT2D eigenvalue weighted by molar-refractivity contribution is 6.39. The van der Waals surface area contributed by atoms with Gasteiger partial charge in [0.15, 0.2) is 12.1 Å². The topological polar surface area (TPSA) is 114 Å². The van der Waals surface area contributed by atoms with Crippen molar-refractivity contribution < 1.29 is 14.4 Å². The van der Waals surface area contributed by atoms with E-state index in [0.717, 1.165) is 53.4 Å². The number of Topliss-reactive ketones (excluding diaryl/α,β-unsaturated/α-hetero) is 1. The number of ketones is 1. The van der Waals surface area contributed by atoms with Gasteiger partial charge in [0.2, 0.25) is 5.91 Å². The zero-order valence-corrected chi connectivity index (χ0v) is 24.1. The lowest BCUT2D eigenvalue weighted by Crippen LogP contribution is -2.52. The molecule has 1 aliphatic carbocycles. The highest BCUT2D eigenvalue weighted by atomic mass is 35.5. The molecule has 0 spiro atoms. The van der Waals surface area contributed by atoms with E-state index in [2.05, 4.69) is 15.6 Å². The standard InChI is InChI=1S/C30H34Cl2N4O3/c1-16(38)22-14-34-26-10-5-17(18-12-24(31)23(15-37)25(32)13-18)11-21(26)27(22)35-19-6-8-20(9-7-19)36-29(39)28(33)30(2,3)4/h5,10-15,19-20,28H,6-9,33H2,1-4H3,(H,34,35)(H,36,39). The Morgan fingerprint density at radius 2 is 1.64 bits per heavy atom. The highest BCUT2D eigenvalue weighted by Gasteiger charge is 2.30. The molecule has 1 heterocycles. The molecule has 4 rings (SSSR count). The minimum Gasteiger partial charge on any atom is -0.381 e. The van der Waals surface area contributed by atoms with Gasteiger partial charge in [-0.2, -0.15) is 0 Å². The summed E-state index contributed by atoms with van der Waals surface area (Å²) in [6, 6.07) is 8.79. The highest BCUT2D eigenvalue weighted by Crippen LogP contribution is 2.36. The number of benzene rings is 2. The summed E-state index contributed by atoms with van der Waals surface area (Å²) in [5.74, 6) is -0.206. The van der Waals surface area contributed by atoms with Crippen LogP contribution in [0.15, 0.2) is 36.5 Å². The molecule has 1 amide bonds. The number of anilines is 1. The van der Waals surface area contributed by atoms with Crippen molar-refractivity contribution in [3.05, 3.63) is 57.7 Å². The van der Waals surface area contributed by atoms with Crippen molar-refractivity contribution in [1.29, 1.82) is 0 Å². The summed E-state index contributed by atoms with van der Waals surface area (Å²) in [6.45, 7) is 7.40. The molecule has 0 saturated heterocycles. The molecule has 1 aliphatic rings. The van der Waals surface area contributed by atoms with E-state index >= 15 is 0 Å². The maximum absolute atomic E-state index is 12.6. The van der Waals surface area contributed by atoms with Crippen molar-refractivity contribution in [2.24, 2.45) is 11.1 Å². The SMILES string of the molecule is CC(=O)c1cnc2ccc(-c3cc(Cl)c(C=O)c(Cl)c3)cc2c1NC1CCC(NC(=O)C(N)C(C)(C)C)CC1. The fourth-order valence-corrected chi connectivity index (χ4v) is 5.50. The third kappa shape index (κ3) is 6.43. The van der Waals surface area contributed by atoms with Gasteiger partial charge in [0.25, 0.3) is 0 Å². The number of aldehydes is 1. The van der Waals surface area contributed by atoms with Crippen LogP contribution in [0.25, 0.3) is 22.0 Å². The average Bonchev–Trinajstić information content (AvgIpc) is 2.88. The molecule has 3 aromatic rings. The third-order valence-electron chi connectivity index (χ3n) is 7.42. The quantitative estimate of drug-likeness (QED) is 0.223. The molecule has 1 atom stereocenters.